The van der Waals surface area contributed by atoms with E-state index in [1.807, 2.05) is 6.92 Å². The molecule has 7 nitrogen and oxygen atoms in total. The van der Waals surface area contributed by atoms with E-state index in [2.05, 4.69) is 10.6 Å². The van der Waals surface area contributed by atoms with Gasteiger partial charge in [0.1, 0.15) is 0 Å². The van der Waals surface area contributed by atoms with Crippen molar-refractivity contribution in [3.8, 4) is 0 Å². The number of rotatable bonds is 8. The molecule has 0 radical (unpaired) electrons. The van der Waals surface area contributed by atoms with E-state index >= 15 is 0 Å². The summed E-state index contributed by atoms with van der Waals surface area (Å²) in [5, 5.41) is 6.34. The summed E-state index contributed by atoms with van der Waals surface area (Å²) in [6.45, 7) is 2.91. The molecule has 1 aliphatic heterocycles. The second kappa shape index (κ2) is 11.3. The Bertz CT molecular complexity index is 1120. The van der Waals surface area contributed by atoms with Crippen LogP contribution in [-0.2, 0) is 20.6 Å². The van der Waals surface area contributed by atoms with Gasteiger partial charge in [0.25, 0.3) is 5.91 Å². The fourth-order valence-corrected chi connectivity index (χ4v) is 5.89. The second-order valence-corrected chi connectivity index (χ2v) is 10.8. The van der Waals surface area contributed by atoms with Crippen LogP contribution in [0.2, 0.25) is 10.0 Å². The molecule has 33 heavy (non-hydrogen) atoms. The molecular formula is C23H27Cl2N3O4S. The largest absolute Gasteiger partial charge is 0.352 e. The summed E-state index contributed by atoms with van der Waals surface area (Å²) in [4.78, 5) is 25.4. The molecular weight excluding hydrogens is 485 g/mol. The van der Waals surface area contributed by atoms with Gasteiger partial charge in [-0.3, -0.25) is 9.59 Å². The van der Waals surface area contributed by atoms with Crippen LogP contribution >= 0.6 is 23.2 Å². The van der Waals surface area contributed by atoms with Crippen molar-refractivity contribution in [2.24, 2.45) is 5.92 Å². The summed E-state index contributed by atoms with van der Waals surface area (Å²) in [5.41, 5.74) is 1.24. The molecule has 0 aromatic heterocycles. The number of carbonyl (C=O) groups excluding carboxylic acids is 2. The number of hydrogen-bond acceptors (Lipinski definition) is 4. The number of para-hydroxylation sites is 1. The maximum atomic E-state index is 13.0. The molecule has 3 rings (SSSR count). The molecule has 0 bridgehead atoms. The van der Waals surface area contributed by atoms with Crippen LogP contribution in [0.15, 0.2) is 42.5 Å². The first-order valence-electron chi connectivity index (χ1n) is 10.8. The van der Waals surface area contributed by atoms with Crippen molar-refractivity contribution in [3.05, 3.63) is 63.6 Å². The van der Waals surface area contributed by atoms with Gasteiger partial charge in [-0.15, -0.1) is 0 Å². The molecule has 0 spiro atoms. The van der Waals surface area contributed by atoms with Gasteiger partial charge in [0, 0.05) is 29.7 Å². The molecule has 10 heteroatoms. The van der Waals surface area contributed by atoms with E-state index in [0.717, 1.165) is 6.42 Å². The van der Waals surface area contributed by atoms with Crippen LogP contribution in [0, 0.1) is 5.92 Å². The highest BCUT2D eigenvalue weighted by molar-refractivity contribution is 7.88. The van der Waals surface area contributed by atoms with Gasteiger partial charge in [-0.2, -0.15) is 0 Å². The summed E-state index contributed by atoms with van der Waals surface area (Å²) in [6.07, 6.45) is 1.92. The average Bonchev–Trinajstić information content (AvgIpc) is 2.79. The minimum atomic E-state index is -3.68. The van der Waals surface area contributed by atoms with Crippen molar-refractivity contribution in [3.63, 3.8) is 0 Å². The van der Waals surface area contributed by atoms with Gasteiger partial charge in [0.2, 0.25) is 15.9 Å². The van der Waals surface area contributed by atoms with Crippen LogP contribution in [-0.4, -0.2) is 44.2 Å². The fourth-order valence-electron chi connectivity index (χ4n) is 3.69. The van der Waals surface area contributed by atoms with E-state index in [9.17, 15) is 18.0 Å². The summed E-state index contributed by atoms with van der Waals surface area (Å²) in [6, 6.07) is 11.5. The summed E-state index contributed by atoms with van der Waals surface area (Å²) >= 11 is 12.1. The Hall–Kier alpha value is -2.13. The van der Waals surface area contributed by atoms with E-state index in [1.165, 1.54) is 10.4 Å². The number of nitrogens with one attached hydrogen (secondary N) is 2. The molecule has 0 saturated carbocycles. The predicted octanol–water partition coefficient (Wildman–Crippen LogP) is 4.31. The van der Waals surface area contributed by atoms with E-state index < -0.39 is 15.9 Å². The monoisotopic (exact) mass is 511 g/mol. The number of carbonyl (C=O) groups is 2. The van der Waals surface area contributed by atoms with Gasteiger partial charge in [-0.05, 0) is 49.1 Å². The van der Waals surface area contributed by atoms with Crippen LogP contribution in [0.3, 0.4) is 0 Å². The average molecular weight is 512 g/mol. The van der Waals surface area contributed by atoms with Crippen molar-refractivity contribution in [2.75, 3.05) is 25.0 Å². The zero-order valence-corrected chi connectivity index (χ0v) is 20.6. The summed E-state index contributed by atoms with van der Waals surface area (Å²) in [5.74, 6) is -1.37. The van der Waals surface area contributed by atoms with E-state index in [-0.39, 0.29) is 29.1 Å². The van der Waals surface area contributed by atoms with E-state index in [1.54, 1.807) is 36.4 Å². The van der Waals surface area contributed by atoms with Crippen molar-refractivity contribution in [2.45, 2.75) is 31.9 Å². The molecule has 0 unspecified atom stereocenters. The number of anilines is 1. The van der Waals surface area contributed by atoms with E-state index in [4.69, 9.17) is 23.2 Å². The molecule has 1 fully saturated rings. The van der Waals surface area contributed by atoms with Crippen LogP contribution in [0.4, 0.5) is 5.69 Å². The first-order chi connectivity index (χ1) is 15.7. The number of piperidine rings is 1. The highest BCUT2D eigenvalue weighted by atomic mass is 35.5. The lowest BCUT2D eigenvalue weighted by Gasteiger charge is -2.31. The van der Waals surface area contributed by atoms with Crippen LogP contribution in [0.25, 0.3) is 0 Å². The molecule has 0 aliphatic carbocycles. The lowest BCUT2D eigenvalue weighted by molar-refractivity contribution is -0.120. The van der Waals surface area contributed by atoms with Gasteiger partial charge >= 0.3 is 0 Å². The molecule has 1 heterocycles. The lowest BCUT2D eigenvalue weighted by Crippen LogP contribution is -2.44. The number of sulfonamides is 1. The molecule has 2 aromatic rings. The smallest absolute Gasteiger partial charge is 0.253 e. The third-order valence-electron chi connectivity index (χ3n) is 5.47. The molecule has 178 valence electrons. The SMILES string of the molecule is CCCNC(=O)c1ccccc1NC(=O)[C@H]1CCCN(S(=O)(=O)Cc2ccc(Cl)cc2Cl)C1. The number of amides is 2. The summed E-state index contributed by atoms with van der Waals surface area (Å²) < 4.78 is 27.4. The number of hydrogen-bond donors (Lipinski definition) is 2. The quantitative estimate of drug-likeness (QED) is 0.551. The van der Waals surface area contributed by atoms with Gasteiger partial charge in [0.05, 0.1) is 22.9 Å². The first kappa shape index (κ1) is 25.5. The Morgan fingerprint density at radius 2 is 1.91 bits per heavy atom. The van der Waals surface area contributed by atoms with Crippen molar-refractivity contribution in [1.82, 2.24) is 9.62 Å². The Morgan fingerprint density at radius 1 is 1.15 bits per heavy atom. The molecule has 2 amide bonds. The van der Waals surface area contributed by atoms with Gasteiger partial charge < -0.3 is 10.6 Å². The van der Waals surface area contributed by atoms with E-state index in [0.29, 0.717) is 47.8 Å². The zero-order valence-electron chi connectivity index (χ0n) is 18.3. The fraction of sp³-hybridized carbons (Fsp3) is 0.391. The summed E-state index contributed by atoms with van der Waals surface area (Å²) in [7, 11) is -3.68. The Balaban J connectivity index is 1.69. The van der Waals surface area contributed by atoms with Crippen LogP contribution in [0.5, 0.6) is 0 Å². The minimum absolute atomic E-state index is 0.0730. The van der Waals surface area contributed by atoms with Gasteiger partial charge in [-0.1, -0.05) is 48.3 Å². The van der Waals surface area contributed by atoms with Crippen molar-refractivity contribution in [1.29, 1.82) is 0 Å². The lowest BCUT2D eigenvalue weighted by atomic mass is 9.98. The standard InChI is InChI=1S/C23H27Cl2N3O4S/c1-2-11-26-23(30)19-7-3-4-8-21(19)27-22(29)16-6-5-12-28(14-16)33(31,32)15-17-9-10-18(24)13-20(17)25/h3-4,7-10,13,16H,2,5-6,11-12,14-15H2,1H3,(H,26,30)(H,27,29)/t16-/m0/s1. The second-order valence-electron chi connectivity index (χ2n) is 7.98. The van der Waals surface area contributed by atoms with Crippen LogP contribution in [0.1, 0.15) is 42.1 Å². The topological polar surface area (TPSA) is 95.6 Å². The van der Waals surface area contributed by atoms with Crippen molar-refractivity contribution >= 4 is 50.7 Å². The molecule has 1 saturated heterocycles. The third-order valence-corrected chi connectivity index (χ3v) is 7.85. The number of benzene rings is 2. The van der Waals surface area contributed by atoms with Crippen molar-refractivity contribution < 1.29 is 18.0 Å². The maximum Gasteiger partial charge on any atom is 0.253 e. The predicted molar refractivity (Wildman–Crippen MR) is 131 cm³/mol. The normalized spacial score (nSPS) is 16.9. The molecule has 1 atom stereocenters. The highest BCUT2D eigenvalue weighted by Gasteiger charge is 2.33. The Morgan fingerprint density at radius 3 is 2.64 bits per heavy atom. The Labute approximate surface area is 204 Å². The molecule has 2 N–H and O–H groups in total. The first-order valence-corrected chi connectivity index (χ1v) is 13.2. The number of nitrogens with zero attached hydrogens (tertiary/aromatic N) is 1. The van der Waals surface area contributed by atoms with Gasteiger partial charge in [-0.25, -0.2) is 12.7 Å². The van der Waals surface area contributed by atoms with Gasteiger partial charge in [0.15, 0.2) is 0 Å². The highest BCUT2D eigenvalue weighted by Crippen LogP contribution is 2.27. The maximum absolute atomic E-state index is 13.0. The zero-order chi connectivity index (χ0) is 24.0. The Kier molecular flexibility index (Phi) is 8.75. The van der Waals surface area contributed by atoms with Crippen LogP contribution < -0.4 is 10.6 Å². The molecule has 2 aromatic carbocycles. The molecule has 1 aliphatic rings. The number of halogens is 2. The minimum Gasteiger partial charge on any atom is -0.352 e. The third kappa shape index (κ3) is 6.69.